The average Bonchev–Trinajstić information content (AvgIpc) is 2.37. The molecule has 116 valence electrons. The van der Waals surface area contributed by atoms with Crippen LogP contribution < -0.4 is 5.32 Å². The number of aliphatic hydroxyl groups is 1. The Morgan fingerprint density at radius 3 is 2.67 bits per heavy atom. The van der Waals surface area contributed by atoms with Gasteiger partial charge in [-0.2, -0.15) is 13.2 Å². The molecule has 2 atom stereocenters. The maximum atomic E-state index is 13.0. The number of benzene rings is 1. The van der Waals surface area contributed by atoms with Gasteiger partial charge in [0.15, 0.2) is 0 Å². The molecule has 0 heterocycles. The van der Waals surface area contributed by atoms with Crippen LogP contribution in [-0.2, 0) is 6.18 Å². The molecule has 0 radical (unpaired) electrons. The third kappa shape index (κ3) is 4.20. The van der Waals surface area contributed by atoms with Gasteiger partial charge in [-0.1, -0.05) is 15.9 Å². The maximum Gasteiger partial charge on any atom is 0.417 e. The molecule has 1 aromatic carbocycles. The second-order valence-electron chi connectivity index (χ2n) is 5.18. The zero-order valence-corrected chi connectivity index (χ0v) is 12.7. The highest BCUT2D eigenvalue weighted by molar-refractivity contribution is 9.10. The Hall–Kier alpha value is -1.08. The lowest BCUT2D eigenvalue weighted by Gasteiger charge is -2.27. The Kier molecular flexibility index (Phi) is 4.93. The van der Waals surface area contributed by atoms with E-state index in [-0.39, 0.29) is 10.5 Å². The van der Waals surface area contributed by atoms with Crippen molar-refractivity contribution in [3.63, 3.8) is 0 Å². The number of rotatable bonds is 2. The second kappa shape index (κ2) is 6.36. The van der Waals surface area contributed by atoms with Gasteiger partial charge in [-0.15, -0.1) is 0 Å². The number of nitrogens with one attached hydrogen (secondary N) is 1. The lowest BCUT2D eigenvalue weighted by Crippen LogP contribution is -2.40. The molecule has 1 amide bonds. The summed E-state index contributed by atoms with van der Waals surface area (Å²) in [7, 11) is 0. The summed E-state index contributed by atoms with van der Waals surface area (Å²) in [5, 5.41) is 12.1. The average molecular weight is 366 g/mol. The van der Waals surface area contributed by atoms with Crippen LogP contribution in [0.2, 0.25) is 0 Å². The smallest absolute Gasteiger partial charge is 0.393 e. The molecule has 7 heteroatoms. The van der Waals surface area contributed by atoms with Crippen LogP contribution in [0, 0.1) is 0 Å². The molecule has 2 N–H and O–H groups in total. The van der Waals surface area contributed by atoms with Gasteiger partial charge in [0.2, 0.25) is 0 Å². The number of hydrogen-bond donors (Lipinski definition) is 2. The summed E-state index contributed by atoms with van der Waals surface area (Å²) in [5.74, 6) is -0.756. The number of carbonyl (C=O) groups excluding carboxylic acids is 1. The van der Waals surface area contributed by atoms with Crippen LogP contribution >= 0.6 is 15.9 Å². The van der Waals surface area contributed by atoms with Crippen LogP contribution in [0.15, 0.2) is 22.7 Å². The van der Waals surface area contributed by atoms with Crippen LogP contribution in [0.4, 0.5) is 13.2 Å². The summed E-state index contributed by atoms with van der Waals surface area (Å²) in [6, 6.07) is 3.16. The molecule has 0 aliphatic heterocycles. The Morgan fingerprint density at radius 2 is 2.05 bits per heavy atom. The van der Waals surface area contributed by atoms with Crippen molar-refractivity contribution in [1.82, 2.24) is 5.32 Å². The Balaban J connectivity index is 2.19. The highest BCUT2D eigenvalue weighted by Gasteiger charge is 2.36. The summed E-state index contributed by atoms with van der Waals surface area (Å²) in [4.78, 5) is 12.1. The monoisotopic (exact) mass is 365 g/mol. The lowest BCUT2D eigenvalue weighted by molar-refractivity contribution is -0.138. The number of hydrogen-bond acceptors (Lipinski definition) is 2. The zero-order chi connectivity index (χ0) is 15.6. The number of halogens is 4. The van der Waals surface area contributed by atoms with E-state index >= 15 is 0 Å². The van der Waals surface area contributed by atoms with E-state index in [1.54, 1.807) is 0 Å². The van der Waals surface area contributed by atoms with Crippen LogP contribution in [0.25, 0.3) is 0 Å². The van der Waals surface area contributed by atoms with Crippen molar-refractivity contribution < 1.29 is 23.1 Å². The molecular weight excluding hydrogens is 351 g/mol. The third-order valence-corrected chi connectivity index (χ3v) is 4.01. The third-order valence-electron chi connectivity index (χ3n) is 3.51. The number of carbonyl (C=O) groups is 1. The van der Waals surface area contributed by atoms with Gasteiger partial charge in [-0.3, -0.25) is 4.79 Å². The van der Waals surface area contributed by atoms with Crippen molar-refractivity contribution in [2.24, 2.45) is 0 Å². The predicted octanol–water partition coefficient (Wildman–Crippen LogP) is 3.50. The lowest BCUT2D eigenvalue weighted by atomic mass is 9.92. The van der Waals surface area contributed by atoms with E-state index in [9.17, 15) is 23.1 Å². The van der Waals surface area contributed by atoms with E-state index in [4.69, 9.17) is 0 Å². The van der Waals surface area contributed by atoms with E-state index in [0.29, 0.717) is 19.3 Å². The molecule has 1 aromatic rings. The first-order valence-corrected chi connectivity index (χ1v) is 7.42. The molecule has 1 fully saturated rings. The SMILES string of the molecule is O=C(NC1CCCC(O)C1)c1ccc(Br)cc1C(F)(F)F. The van der Waals surface area contributed by atoms with Crippen molar-refractivity contribution in [3.8, 4) is 0 Å². The molecule has 0 aromatic heterocycles. The van der Waals surface area contributed by atoms with E-state index in [1.807, 2.05) is 0 Å². The van der Waals surface area contributed by atoms with Crippen LogP contribution in [0.1, 0.15) is 41.6 Å². The Bertz CT molecular complexity index is 533. The largest absolute Gasteiger partial charge is 0.417 e. The van der Waals surface area contributed by atoms with Gasteiger partial charge in [0.1, 0.15) is 0 Å². The highest BCUT2D eigenvalue weighted by Crippen LogP contribution is 2.34. The number of alkyl halides is 3. The minimum Gasteiger partial charge on any atom is -0.393 e. The number of aliphatic hydroxyl groups excluding tert-OH is 1. The molecular formula is C14H15BrF3NO2. The van der Waals surface area contributed by atoms with Gasteiger partial charge in [-0.25, -0.2) is 0 Å². The van der Waals surface area contributed by atoms with Gasteiger partial charge in [0, 0.05) is 10.5 Å². The quantitative estimate of drug-likeness (QED) is 0.842. The van der Waals surface area contributed by atoms with Crippen molar-refractivity contribution >= 4 is 21.8 Å². The van der Waals surface area contributed by atoms with E-state index < -0.39 is 29.3 Å². The van der Waals surface area contributed by atoms with Crippen molar-refractivity contribution in [2.75, 3.05) is 0 Å². The van der Waals surface area contributed by atoms with Crippen molar-refractivity contribution in [3.05, 3.63) is 33.8 Å². The summed E-state index contributed by atoms with van der Waals surface area (Å²) in [5.41, 5.74) is -1.36. The summed E-state index contributed by atoms with van der Waals surface area (Å²) >= 11 is 2.98. The van der Waals surface area contributed by atoms with Crippen LogP contribution in [0.5, 0.6) is 0 Å². The minimum atomic E-state index is -4.59. The van der Waals surface area contributed by atoms with Gasteiger partial charge < -0.3 is 10.4 Å². The maximum absolute atomic E-state index is 13.0. The van der Waals surface area contributed by atoms with E-state index in [2.05, 4.69) is 21.2 Å². The Labute approximate surface area is 128 Å². The predicted molar refractivity (Wildman–Crippen MR) is 74.9 cm³/mol. The first kappa shape index (κ1) is 16.3. The molecule has 21 heavy (non-hydrogen) atoms. The zero-order valence-electron chi connectivity index (χ0n) is 11.1. The molecule has 0 bridgehead atoms. The molecule has 2 rings (SSSR count). The van der Waals surface area contributed by atoms with E-state index in [1.165, 1.54) is 6.07 Å². The molecule has 1 aliphatic rings. The van der Waals surface area contributed by atoms with Gasteiger partial charge in [0.25, 0.3) is 5.91 Å². The fourth-order valence-electron chi connectivity index (χ4n) is 2.51. The summed E-state index contributed by atoms with van der Waals surface area (Å²) < 4.78 is 39.2. The standard InChI is InChI=1S/C14H15BrF3NO2/c15-8-4-5-11(12(6-8)14(16,17)18)13(21)19-9-2-1-3-10(20)7-9/h4-6,9-10,20H,1-3,7H2,(H,19,21). The normalized spacial score (nSPS) is 22.9. The van der Waals surface area contributed by atoms with Crippen molar-refractivity contribution in [1.29, 1.82) is 0 Å². The topological polar surface area (TPSA) is 49.3 Å². The highest BCUT2D eigenvalue weighted by atomic mass is 79.9. The van der Waals surface area contributed by atoms with Gasteiger partial charge >= 0.3 is 6.18 Å². The van der Waals surface area contributed by atoms with E-state index in [0.717, 1.165) is 18.6 Å². The fourth-order valence-corrected chi connectivity index (χ4v) is 2.87. The summed E-state index contributed by atoms with van der Waals surface area (Å²) in [6.45, 7) is 0. The first-order valence-electron chi connectivity index (χ1n) is 6.63. The van der Waals surface area contributed by atoms with Gasteiger partial charge in [0.05, 0.1) is 17.2 Å². The summed E-state index contributed by atoms with van der Waals surface area (Å²) in [6.07, 6.45) is -2.64. The number of amides is 1. The van der Waals surface area contributed by atoms with Crippen LogP contribution in [0.3, 0.4) is 0 Å². The fraction of sp³-hybridized carbons (Fsp3) is 0.500. The van der Waals surface area contributed by atoms with Crippen LogP contribution in [-0.4, -0.2) is 23.2 Å². The molecule has 2 unspecified atom stereocenters. The van der Waals surface area contributed by atoms with Gasteiger partial charge in [-0.05, 0) is 43.9 Å². The minimum absolute atomic E-state index is 0.263. The molecule has 1 aliphatic carbocycles. The second-order valence-corrected chi connectivity index (χ2v) is 6.09. The Morgan fingerprint density at radius 1 is 1.33 bits per heavy atom. The molecule has 3 nitrogen and oxygen atoms in total. The molecule has 0 spiro atoms. The molecule has 0 saturated heterocycles. The first-order chi connectivity index (χ1) is 9.77. The molecule has 1 saturated carbocycles. The van der Waals surface area contributed by atoms with Crippen molar-refractivity contribution in [2.45, 2.75) is 44.0 Å².